The van der Waals surface area contributed by atoms with Crippen LogP contribution in [-0.2, 0) is 38.0 Å². The lowest BCUT2D eigenvalue weighted by Gasteiger charge is -2.50. The topological polar surface area (TPSA) is 305 Å². The Labute approximate surface area is 287 Å². The monoisotopic (exact) mass is 727 g/mol. The van der Waals surface area contributed by atoms with Crippen molar-refractivity contribution in [1.29, 1.82) is 0 Å². The van der Waals surface area contributed by atoms with Gasteiger partial charge in [-0.15, -0.1) is 0 Å². The molecule has 0 amide bonds. The first kappa shape index (κ1) is 39.5. The van der Waals surface area contributed by atoms with Crippen molar-refractivity contribution in [2.45, 2.75) is 149 Å². The number of aliphatic carboxylic acids is 1. The number of carbonyl (C=O) groups is 2. The van der Waals surface area contributed by atoms with E-state index in [1.54, 1.807) is 0 Å². The number of fused-ring (bicyclic) bond motifs is 1. The Morgan fingerprint density at radius 1 is 0.740 bits per heavy atom. The lowest BCUT2D eigenvalue weighted by molar-refractivity contribution is -0.367. The number of aliphatic hydroxyl groups excluding tert-OH is 9. The maximum Gasteiger partial charge on any atom is 0.317 e. The summed E-state index contributed by atoms with van der Waals surface area (Å²) in [6.45, 7) is -1.32. The molecule has 5 rings (SSSR count). The molecule has 5 aliphatic rings. The molecule has 3 saturated heterocycles. The molecule has 0 bridgehead atoms. The molecule has 0 aromatic carbocycles. The van der Waals surface area contributed by atoms with Crippen LogP contribution >= 0.6 is 0 Å². The molecule has 3 aliphatic heterocycles. The number of carboxylic acid groups (broad SMARTS) is 1. The van der Waals surface area contributed by atoms with E-state index in [1.807, 2.05) is 0 Å². The molecule has 50 heavy (non-hydrogen) atoms. The van der Waals surface area contributed by atoms with E-state index in [4.69, 9.17) is 38.3 Å². The molecule has 19 atom stereocenters. The van der Waals surface area contributed by atoms with Gasteiger partial charge in [-0.3, -0.25) is 9.59 Å². The molecule has 19 nitrogen and oxygen atoms in total. The molecule has 3 heterocycles. The molecule has 2 saturated carbocycles. The smallest absolute Gasteiger partial charge is 0.317 e. The average molecular weight is 728 g/mol. The molecule has 5 fully saturated rings. The van der Waals surface area contributed by atoms with Gasteiger partial charge in [0.2, 0.25) is 0 Å². The van der Waals surface area contributed by atoms with Crippen LogP contribution in [0.15, 0.2) is 0 Å². The minimum absolute atomic E-state index is 0.0711. The largest absolute Gasteiger partial charge is 0.481 e. The van der Waals surface area contributed by atoms with E-state index in [9.17, 15) is 55.5 Å². The van der Waals surface area contributed by atoms with Crippen LogP contribution in [0.5, 0.6) is 0 Å². The Kier molecular flexibility index (Phi) is 13.4. The van der Waals surface area contributed by atoms with Gasteiger partial charge in [0.1, 0.15) is 68.0 Å². The van der Waals surface area contributed by atoms with Crippen molar-refractivity contribution in [2.24, 2.45) is 11.8 Å². The Morgan fingerprint density at radius 2 is 1.36 bits per heavy atom. The lowest BCUT2D eigenvalue weighted by atomic mass is 9.72. The zero-order valence-electron chi connectivity index (χ0n) is 27.5. The zero-order chi connectivity index (χ0) is 36.4. The fourth-order valence-corrected chi connectivity index (χ4v) is 7.91. The quantitative estimate of drug-likeness (QED) is 0.0541. The van der Waals surface area contributed by atoms with Crippen molar-refractivity contribution in [3.63, 3.8) is 0 Å². The first-order valence-corrected chi connectivity index (χ1v) is 17.0. The molecule has 0 radical (unpaired) electrons. The molecule has 0 spiro atoms. The highest BCUT2D eigenvalue weighted by Gasteiger charge is 2.56. The molecular formula is C31H51O19+. The summed E-state index contributed by atoms with van der Waals surface area (Å²) >= 11 is 0. The van der Waals surface area contributed by atoms with Crippen LogP contribution in [0, 0.1) is 11.8 Å². The van der Waals surface area contributed by atoms with Crippen molar-refractivity contribution in [3.05, 3.63) is 0 Å². The van der Waals surface area contributed by atoms with Crippen LogP contribution < -0.4 is 0 Å². The lowest BCUT2D eigenvalue weighted by Crippen LogP contribution is -2.64. The van der Waals surface area contributed by atoms with Gasteiger partial charge in [0.15, 0.2) is 24.8 Å². The third kappa shape index (κ3) is 8.75. The van der Waals surface area contributed by atoms with Crippen molar-refractivity contribution in [3.8, 4) is 0 Å². The van der Waals surface area contributed by atoms with E-state index in [2.05, 4.69) is 0 Å². The van der Waals surface area contributed by atoms with Gasteiger partial charge in [-0.2, -0.15) is 0 Å². The summed E-state index contributed by atoms with van der Waals surface area (Å²) in [5.74, 6) is -3.25. The Bertz CT molecular complexity index is 1130. The van der Waals surface area contributed by atoms with E-state index in [1.165, 1.54) is 7.11 Å². The van der Waals surface area contributed by atoms with Gasteiger partial charge in [-0.05, 0) is 25.7 Å². The fourth-order valence-electron chi connectivity index (χ4n) is 7.91. The predicted octanol–water partition coefficient (Wildman–Crippen LogP) is -5.00. The first-order chi connectivity index (χ1) is 23.7. The predicted molar refractivity (Wildman–Crippen MR) is 161 cm³/mol. The second kappa shape index (κ2) is 17.0. The molecule has 288 valence electrons. The summed E-state index contributed by atoms with van der Waals surface area (Å²) in [6, 6.07) is 0. The minimum atomic E-state index is -1.81. The number of ether oxygens (including phenoxy) is 7. The standard InChI is InChI=1S/C31H50O19/c1-44-17-4-11(2-3-14(17)34)29-18(48-31-28(43)26(41)24(39)20(50-31)10-45-22(37)8-21(35)36)7-13-15(46-29)5-12(33)6-16(13)47-30-27(42)25(40)23(38)19(9-32)49-30/h11-20,23-34,38-43H,2-10H2,1H3,(H,35,36)/p+1. The molecule has 2 aliphatic carbocycles. The highest BCUT2D eigenvalue weighted by molar-refractivity contribution is 5.90. The molecule has 11 N–H and O–H groups in total. The maximum atomic E-state index is 11.8. The number of hydrogen-bond donors (Lipinski definition) is 10. The third-order valence-corrected chi connectivity index (χ3v) is 10.7. The number of methoxy groups -OCH3 is 1. The van der Waals surface area contributed by atoms with Crippen LogP contribution in [0.4, 0.5) is 0 Å². The summed E-state index contributed by atoms with van der Waals surface area (Å²) < 4.78 is 39.3. The second-order valence-electron chi connectivity index (χ2n) is 14.0. The van der Waals surface area contributed by atoms with Crippen molar-refractivity contribution in [2.75, 3.05) is 20.3 Å². The summed E-state index contributed by atoms with van der Waals surface area (Å²) in [5.41, 5.74) is 0. The molecule has 0 aromatic rings. The van der Waals surface area contributed by atoms with Gasteiger partial charge in [0, 0.05) is 25.9 Å². The summed E-state index contributed by atoms with van der Waals surface area (Å²) in [5, 5.41) is 103. The number of carbonyl (C=O) groups excluding carboxylic acids is 1. The van der Waals surface area contributed by atoms with Crippen LogP contribution in [0.1, 0.15) is 44.9 Å². The van der Waals surface area contributed by atoms with E-state index >= 15 is 0 Å². The van der Waals surface area contributed by atoms with Gasteiger partial charge in [0.25, 0.3) is 0 Å². The van der Waals surface area contributed by atoms with E-state index in [0.717, 1.165) is 0 Å². The number of hydrogen-bond acceptors (Lipinski definition) is 17. The van der Waals surface area contributed by atoms with Gasteiger partial charge in [-0.1, -0.05) is 0 Å². The van der Waals surface area contributed by atoms with Crippen molar-refractivity contribution >= 4 is 11.9 Å². The van der Waals surface area contributed by atoms with Gasteiger partial charge in [-0.25, -0.2) is 0 Å². The second-order valence-corrected chi connectivity index (χ2v) is 14.0. The van der Waals surface area contributed by atoms with Crippen LogP contribution in [0.2, 0.25) is 0 Å². The first-order valence-electron chi connectivity index (χ1n) is 17.0. The average Bonchev–Trinajstić information content (AvgIpc) is 3.08. The molecule has 0 aromatic heterocycles. The van der Waals surface area contributed by atoms with Crippen molar-refractivity contribution < 1.29 is 93.8 Å². The highest BCUT2D eigenvalue weighted by atomic mass is 16.7. The Balaban J connectivity index is 1.37. The third-order valence-electron chi connectivity index (χ3n) is 10.7. The number of aliphatic hydroxyl groups is 11. The Hall–Kier alpha value is -1.66. The van der Waals surface area contributed by atoms with E-state index in [-0.39, 0.29) is 25.2 Å². The highest BCUT2D eigenvalue weighted by Crippen LogP contribution is 2.44. The normalized spacial score (nSPS) is 48.4. The Morgan fingerprint density at radius 3 is 1.98 bits per heavy atom. The SMILES string of the molecule is COC1CC(C2[OH+]C3CC(O)CC(OC4OC(CO)C(O)C(O)C4O)C3CC2OC2OC(COC(=O)CC(=O)O)C(O)C(O)C2O)CCC1O. The molecule has 19 heteroatoms. The van der Waals surface area contributed by atoms with Crippen LogP contribution in [0.25, 0.3) is 0 Å². The van der Waals surface area contributed by atoms with Crippen molar-refractivity contribution in [1.82, 2.24) is 0 Å². The van der Waals surface area contributed by atoms with Gasteiger partial charge < -0.3 is 84.2 Å². The van der Waals surface area contributed by atoms with E-state index < -0.39 is 142 Å². The number of carboxylic acids is 1. The summed E-state index contributed by atoms with van der Waals surface area (Å²) in [6.07, 6.45) is -20.0. The number of esters is 1. The molecular weight excluding hydrogens is 676 g/mol. The van der Waals surface area contributed by atoms with Gasteiger partial charge in [0.05, 0.1) is 36.9 Å². The van der Waals surface area contributed by atoms with Gasteiger partial charge >= 0.3 is 11.9 Å². The molecule has 19 unspecified atom stereocenters. The van der Waals surface area contributed by atoms with Crippen LogP contribution in [0.3, 0.4) is 0 Å². The summed E-state index contributed by atoms with van der Waals surface area (Å²) in [4.78, 5) is 22.7. The number of rotatable bonds is 11. The zero-order valence-corrected chi connectivity index (χ0v) is 27.5. The summed E-state index contributed by atoms with van der Waals surface area (Å²) in [7, 11) is 1.49. The minimum Gasteiger partial charge on any atom is -0.481 e. The van der Waals surface area contributed by atoms with E-state index in [0.29, 0.717) is 19.3 Å². The maximum absolute atomic E-state index is 11.8. The van der Waals surface area contributed by atoms with Crippen LogP contribution in [-0.4, -0.2) is 192 Å². The fraction of sp³-hybridized carbons (Fsp3) is 0.935.